The fraction of sp³-hybridized carbons (Fsp3) is 0.700. The van der Waals surface area contributed by atoms with E-state index < -0.39 is 11.9 Å². The van der Waals surface area contributed by atoms with Crippen LogP contribution in [-0.2, 0) is 14.4 Å². The van der Waals surface area contributed by atoms with Gasteiger partial charge in [0.2, 0.25) is 18.2 Å². The van der Waals surface area contributed by atoms with Crippen molar-refractivity contribution in [2.75, 3.05) is 13.6 Å². The van der Waals surface area contributed by atoms with Crippen LogP contribution in [0.15, 0.2) is 0 Å². The quantitative estimate of drug-likeness (QED) is 0.553. The Morgan fingerprint density at radius 1 is 1.50 bits per heavy atom. The third-order valence-electron chi connectivity index (χ3n) is 2.50. The summed E-state index contributed by atoms with van der Waals surface area (Å²) in [5.74, 6) is -0.877. The number of rotatable bonds is 7. The van der Waals surface area contributed by atoms with E-state index in [2.05, 4.69) is 5.32 Å². The molecule has 0 spiro atoms. The van der Waals surface area contributed by atoms with Crippen molar-refractivity contribution in [3.8, 4) is 0 Å². The Kier molecular flexibility index (Phi) is 6.14. The lowest BCUT2D eigenvalue weighted by molar-refractivity contribution is -0.137. The summed E-state index contributed by atoms with van der Waals surface area (Å²) in [5.41, 5.74) is 4.99. The standard InChI is InChI=1S/C10H19N3O3/c1-4-7(2)9(12-6-14)10(16)13(3)5-8(11)15/h6-7,9H,4-5H2,1-3H3,(H2,11,15)(H,12,14). The lowest BCUT2D eigenvalue weighted by Gasteiger charge is -2.26. The molecule has 3 N–H and O–H groups in total. The molecule has 92 valence electrons. The second kappa shape index (κ2) is 6.81. The van der Waals surface area contributed by atoms with Crippen molar-refractivity contribution in [1.29, 1.82) is 0 Å². The van der Waals surface area contributed by atoms with Gasteiger partial charge in [0.15, 0.2) is 0 Å². The molecular formula is C10H19N3O3. The molecule has 0 saturated carbocycles. The number of likely N-dealkylation sites (N-methyl/N-ethyl adjacent to an activating group) is 1. The van der Waals surface area contributed by atoms with Crippen molar-refractivity contribution < 1.29 is 14.4 Å². The largest absolute Gasteiger partial charge is 0.368 e. The van der Waals surface area contributed by atoms with E-state index in [1.165, 1.54) is 11.9 Å². The Morgan fingerprint density at radius 3 is 2.44 bits per heavy atom. The molecule has 3 amide bonds. The molecule has 0 aromatic rings. The smallest absolute Gasteiger partial charge is 0.245 e. The molecule has 0 aliphatic carbocycles. The number of nitrogens with one attached hydrogen (secondary N) is 1. The minimum absolute atomic E-state index is 0.00743. The molecule has 0 aromatic heterocycles. The first-order chi connectivity index (χ1) is 7.43. The molecule has 0 fully saturated rings. The van der Waals surface area contributed by atoms with Crippen LogP contribution >= 0.6 is 0 Å². The third-order valence-corrected chi connectivity index (χ3v) is 2.50. The lowest BCUT2D eigenvalue weighted by atomic mass is 9.98. The van der Waals surface area contributed by atoms with Crippen molar-refractivity contribution in [2.24, 2.45) is 11.7 Å². The first-order valence-corrected chi connectivity index (χ1v) is 5.17. The maximum atomic E-state index is 11.9. The molecule has 0 rings (SSSR count). The van der Waals surface area contributed by atoms with Gasteiger partial charge in [-0.25, -0.2) is 0 Å². The number of nitrogens with zero attached hydrogens (tertiary/aromatic N) is 1. The summed E-state index contributed by atoms with van der Waals surface area (Å²) < 4.78 is 0. The van der Waals surface area contributed by atoms with Gasteiger partial charge in [0, 0.05) is 7.05 Å². The summed E-state index contributed by atoms with van der Waals surface area (Å²) >= 11 is 0. The van der Waals surface area contributed by atoms with E-state index in [-0.39, 0.29) is 18.4 Å². The van der Waals surface area contributed by atoms with E-state index in [1.807, 2.05) is 13.8 Å². The number of carbonyl (C=O) groups excluding carboxylic acids is 3. The van der Waals surface area contributed by atoms with Gasteiger partial charge >= 0.3 is 0 Å². The molecule has 6 nitrogen and oxygen atoms in total. The van der Waals surface area contributed by atoms with Gasteiger partial charge in [-0.2, -0.15) is 0 Å². The molecule has 0 saturated heterocycles. The van der Waals surface area contributed by atoms with Gasteiger partial charge in [-0.3, -0.25) is 14.4 Å². The zero-order valence-electron chi connectivity index (χ0n) is 9.90. The summed E-state index contributed by atoms with van der Waals surface area (Å²) in [6.45, 7) is 3.63. The summed E-state index contributed by atoms with van der Waals surface area (Å²) in [6.07, 6.45) is 1.24. The van der Waals surface area contributed by atoms with Crippen molar-refractivity contribution in [1.82, 2.24) is 10.2 Å². The fourth-order valence-electron chi connectivity index (χ4n) is 1.34. The summed E-state index contributed by atoms with van der Waals surface area (Å²) in [7, 11) is 1.48. The number of nitrogens with two attached hydrogens (primary N) is 1. The van der Waals surface area contributed by atoms with E-state index >= 15 is 0 Å². The molecule has 16 heavy (non-hydrogen) atoms. The molecule has 0 aliphatic rings. The first kappa shape index (κ1) is 14.4. The highest BCUT2D eigenvalue weighted by atomic mass is 16.2. The monoisotopic (exact) mass is 229 g/mol. The van der Waals surface area contributed by atoms with Gasteiger partial charge in [-0.1, -0.05) is 20.3 Å². The van der Waals surface area contributed by atoms with Crippen molar-refractivity contribution in [3.63, 3.8) is 0 Å². The van der Waals surface area contributed by atoms with Gasteiger partial charge < -0.3 is 16.0 Å². The second-order valence-corrected chi connectivity index (χ2v) is 3.81. The average Bonchev–Trinajstić information content (AvgIpc) is 2.23. The minimum Gasteiger partial charge on any atom is -0.368 e. The van der Waals surface area contributed by atoms with E-state index in [9.17, 15) is 14.4 Å². The first-order valence-electron chi connectivity index (χ1n) is 5.17. The van der Waals surface area contributed by atoms with Crippen LogP contribution in [0, 0.1) is 5.92 Å². The predicted molar refractivity (Wildman–Crippen MR) is 59.3 cm³/mol. The number of amides is 3. The fourth-order valence-corrected chi connectivity index (χ4v) is 1.34. The normalized spacial score (nSPS) is 13.7. The van der Waals surface area contributed by atoms with Gasteiger partial charge in [0.05, 0.1) is 6.54 Å². The highest BCUT2D eigenvalue weighted by Crippen LogP contribution is 2.09. The third kappa shape index (κ3) is 4.29. The topological polar surface area (TPSA) is 92.5 Å². The maximum Gasteiger partial charge on any atom is 0.245 e. The Hall–Kier alpha value is -1.59. The molecule has 0 aromatic carbocycles. The van der Waals surface area contributed by atoms with E-state index in [0.717, 1.165) is 6.42 Å². The molecule has 2 atom stereocenters. The zero-order valence-corrected chi connectivity index (χ0v) is 9.90. The number of hydrogen-bond acceptors (Lipinski definition) is 3. The Labute approximate surface area is 95.2 Å². The van der Waals surface area contributed by atoms with Gasteiger partial charge in [0.1, 0.15) is 6.04 Å². The molecule has 0 aliphatic heterocycles. The second-order valence-electron chi connectivity index (χ2n) is 3.81. The number of carbonyl (C=O) groups is 3. The van der Waals surface area contributed by atoms with Crippen LogP contribution < -0.4 is 11.1 Å². The highest BCUT2D eigenvalue weighted by Gasteiger charge is 2.26. The van der Waals surface area contributed by atoms with Gasteiger partial charge in [0.25, 0.3) is 0 Å². The van der Waals surface area contributed by atoms with Crippen LogP contribution in [0.2, 0.25) is 0 Å². The van der Waals surface area contributed by atoms with Crippen LogP contribution in [0.3, 0.4) is 0 Å². The predicted octanol–water partition coefficient (Wildman–Crippen LogP) is -0.909. The van der Waals surface area contributed by atoms with Crippen LogP contribution in [0.4, 0.5) is 0 Å². The molecule has 0 heterocycles. The Morgan fingerprint density at radius 2 is 2.06 bits per heavy atom. The molecule has 6 heteroatoms. The van der Waals surface area contributed by atoms with Crippen LogP contribution in [-0.4, -0.2) is 42.8 Å². The van der Waals surface area contributed by atoms with Crippen molar-refractivity contribution in [3.05, 3.63) is 0 Å². The minimum atomic E-state index is -0.605. The van der Waals surface area contributed by atoms with E-state index in [1.54, 1.807) is 0 Å². The molecule has 2 unspecified atom stereocenters. The van der Waals surface area contributed by atoms with E-state index in [4.69, 9.17) is 5.73 Å². The van der Waals surface area contributed by atoms with Crippen molar-refractivity contribution >= 4 is 18.2 Å². The highest BCUT2D eigenvalue weighted by molar-refractivity contribution is 5.87. The maximum absolute atomic E-state index is 11.9. The zero-order chi connectivity index (χ0) is 12.7. The molecule has 0 radical (unpaired) electrons. The van der Waals surface area contributed by atoms with E-state index in [0.29, 0.717) is 6.41 Å². The summed E-state index contributed by atoms with van der Waals surface area (Å²) in [5, 5.41) is 2.46. The molecular weight excluding hydrogens is 210 g/mol. The van der Waals surface area contributed by atoms with Crippen LogP contribution in [0.25, 0.3) is 0 Å². The van der Waals surface area contributed by atoms with Crippen LogP contribution in [0.1, 0.15) is 20.3 Å². The summed E-state index contributed by atoms with van der Waals surface area (Å²) in [6, 6.07) is -0.605. The number of hydrogen-bond donors (Lipinski definition) is 2. The van der Waals surface area contributed by atoms with Crippen LogP contribution in [0.5, 0.6) is 0 Å². The Bertz CT molecular complexity index is 268. The number of primary amides is 1. The average molecular weight is 229 g/mol. The lowest BCUT2D eigenvalue weighted by Crippen LogP contribution is -2.50. The van der Waals surface area contributed by atoms with Gasteiger partial charge in [-0.05, 0) is 5.92 Å². The van der Waals surface area contributed by atoms with Crippen molar-refractivity contribution in [2.45, 2.75) is 26.3 Å². The molecule has 0 bridgehead atoms. The SMILES string of the molecule is CCC(C)C(NC=O)C(=O)N(C)CC(N)=O. The summed E-state index contributed by atoms with van der Waals surface area (Å²) in [4.78, 5) is 34.2. The van der Waals surface area contributed by atoms with Gasteiger partial charge in [-0.15, -0.1) is 0 Å². The Balaban J connectivity index is 4.59.